The number of carbonyl (C=O) groups is 1. The van der Waals surface area contributed by atoms with E-state index in [1.807, 2.05) is 31.2 Å². The fourth-order valence-electron chi connectivity index (χ4n) is 0.650. The second-order valence-corrected chi connectivity index (χ2v) is 2.40. The number of rotatable bonds is 5. The van der Waals surface area contributed by atoms with Crippen molar-refractivity contribution in [1.82, 2.24) is 0 Å². The summed E-state index contributed by atoms with van der Waals surface area (Å²) in [5, 5.41) is 8.45. The maximum Gasteiger partial charge on any atom is 0.330 e. The van der Waals surface area contributed by atoms with Crippen LogP contribution < -0.4 is 0 Å². The summed E-state index contributed by atoms with van der Waals surface area (Å²) in [6.07, 6.45) is 8.90. The summed E-state index contributed by atoms with van der Waals surface area (Å²) in [6.45, 7) is 5.35. The Balaban J connectivity index is 3.56. The zero-order valence-corrected chi connectivity index (χ0v) is 7.29. The zero-order valence-electron chi connectivity index (χ0n) is 7.29. The van der Waals surface area contributed by atoms with Crippen molar-refractivity contribution < 1.29 is 9.90 Å². The van der Waals surface area contributed by atoms with Crippen molar-refractivity contribution in [3.8, 4) is 0 Å². The van der Waals surface area contributed by atoms with Crippen molar-refractivity contribution in [2.45, 2.75) is 19.8 Å². The molecular formula is C10H14O2. The molecule has 0 aliphatic rings. The van der Waals surface area contributed by atoms with Gasteiger partial charge in [0.25, 0.3) is 0 Å². The maximum absolute atomic E-state index is 10.3. The quantitative estimate of drug-likeness (QED) is 0.503. The molecule has 0 bridgehead atoms. The third-order valence-corrected chi connectivity index (χ3v) is 1.35. The molecule has 0 saturated carbocycles. The smallest absolute Gasteiger partial charge is 0.330 e. The topological polar surface area (TPSA) is 37.3 Å². The molecule has 0 rings (SSSR count). The third kappa shape index (κ3) is 5.47. The van der Waals surface area contributed by atoms with Crippen molar-refractivity contribution in [2.24, 2.45) is 0 Å². The van der Waals surface area contributed by atoms with E-state index in [4.69, 9.17) is 5.11 Å². The molecular weight excluding hydrogens is 152 g/mol. The van der Waals surface area contributed by atoms with Crippen molar-refractivity contribution in [3.05, 3.63) is 36.5 Å². The van der Waals surface area contributed by atoms with Gasteiger partial charge in [0.1, 0.15) is 0 Å². The first-order valence-electron chi connectivity index (χ1n) is 3.87. The van der Waals surface area contributed by atoms with Crippen LogP contribution >= 0.6 is 0 Å². The summed E-state index contributed by atoms with van der Waals surface area (Å²) in [5.74, 6) is -0.908. The van der Waals surface area contributed by atoms with E-state index in [1.165, 1.54) is 0 Å². The average Bonchev–Trinajstić information content (AvgIpc) is 2.03. The van der Waals surface area contributed by atoms with Gasteiger partial charge in [-0.3, -0.25) is 0 Å². The number of allylic oxidation sites excluding steroid dienone is 4. The lowest BCUT2D eigenvalue weighted by Gasteiger charge is -1.93. The molecule has 1 N–H and O–H groups in total. The molecule has 0 unspecified atom stereocenters. The molecule has 0 aliphatic carbocycles. The molecule has 66 valence electrons. The van der Waals surface area contributed by atoms with Crippen LogP contribution in [0.1, 0.15) is 19.8 Å². The molecule has 0 fully saturated rings. The van der Waals surface area contributed by atoms with Crippen LogP contribution in [0.2, 0.25) is 0 Å². The van der Waals surface area contributed by atoms with Gasteiger partial charge in [-0.2, -0.15) is 0 Å². The van der Waals surface area contributed by atoms with Gasteiger partial charge in [0.05, 0.1) is 0 Å². The van der Waals surface area contributed by atoms with Gasteiger partial charge in [-0.1, -0.05) is 30.9 Å². The highest BCUT2D eigenvalue weighted by Gasteiger charge is 2.00. The Morgan fingerprint density at radius 2 is 2.17 bits per heavy atom. The predicted molar refractivity (Wildman–Crippen MR) is 50.0 cm³/mol. The Morgan fingerprint density at radius 3 is 2.67 bits per heavy atom. The Bertz CT molecular complexity index is 212. The minimum atomic E-state index is -0.908. The van der Waals surface area contributed by atoms with Gasteiger partial charge >= 0.3 is 5.97 Å². The lowest BCUT2D eigenvalue weighted by Crippen LogP contribution is -1.97. The fourth-order valence-corrected chi connectivity index (χ4v) is 0.650. The minimum Gasteiger partial charge on any atom is -0.478 e. The van der Waals surface area contributed by atoms with Crippen molar-refractivity contribution >= 4 is 5.97 Å². The zero-order chi connectivity index (χ0) is 9.40. The highest BCUT2D eigenvalue weighted by Crippen LogP contribution is 2.02. The van der Waals surface area contributed by atoms with Crippen LogP contribution in [-0.4, -0.2) is 11.1 Å². The number of aliphatic carboxylic acids is 1. The minimum absolute atomic E-state index is 0.264. The molecule has 0 radical (unpaired) electrons. The van der Waals surface area contributed by atoms with Gasteiger partial charge < -0.3 is 5.11 Å². The van der Waals surface area contributed by atoms with Gasteiger partial charge in [-0.15, -0.1) is 0 Å². The highest BCUT2D eigenvalue weighted by molar-refractivity contribution is 5.85. The summed E-state index contributed by atoms with van der Waals surface area (Å²) in [4.78, 5) is 10.3. The average molecular weight is 166 g/mol. The predicted octanol–water partition coefficient (Wildman–Crippen LogP) is 2.54. The van der Waals surface area contributed by atoms with Crippen LogP contribution in [0.5, 0.6) is 0 Å². The van der Waals surface area contributed by atoms with E-state index in [1.54, 1.807) is 0 Å². The van der Waals surface area contributed by atoms with Gasteiger partial charge in [-0.25, -0.2) is 4.79 Å². The van der Waals surface area contributed by atoms with Crippen LogP contribution in [0.15, 0.2) is 36.5 Å². The van der Waals surface area contributed by atoms with E-state index in [0.29, 0.717) is 6.42 Å². The molecule has 2 heteroatoms. The molecule has 0 aromatic carbocycles. The monoisotopic (exact) mass is 166 g/mol. The van der Waals surface area contributed by atoms with Gasteiger partial charge in [0, 0.05) is 5.57 Å². The Kier molecular flexibility index (Phi) is 5.70. The molecule has 2 nitrogen and oxygen atoms in total. The van der Waals surface area contributed by atoms with Gasteiger partial charge in [0.2, 0.25) is 0 Å². The summed E-state index contributed by atoms with van der Waals surface area (Å²) in [5.41, 5.74) is 0.264. The first-order valence-corrected chi connectivity index (χ1v) is 3.87. The number of carboxylic acids is 1. The Labute approximate surface area is 72.9 Å². The van der Waals surface area contributed by atoms with Crippen molar-refractivity contribution in [2.75, 3.05) is 0 Å². The van der Waals surface area contributed by atoms with Crippen molar-refractivity contribution in [1.29, 1.82) is 0 Å². The molecule has 0 aromatic heterocycles. The van der Waals surface area contributed by atoms with Crippen LogP contribution in [0.25, 0.3) is 0 Å². The van der Waals surface area contributed by atoms with Gasteiger partial charge in [0.15, 0.2) is 0 Å². The largest absolute Gasteiger partial charge is 0.478 e. The molecule has 0 amide bonds. The summed E-state index contributed by atoms with van der Waals surface area (Å²) in [7, 11) is 0. The molecule has 0 heterocycles. The van der Waals surface area contributed by atoms with E-state index in [0.717, 1.165) is 6.42 Å². The summed E-state index contributed by atoms with van der Waals surface area (Å²) in [6, 6.07) is 0. The Hall–Kier alpha value is -1.31. The lowest BCUT2D eigenvalue weighted by molar-refractivity contribution is -0.132. The maximum atomic E-state index is 10.3. The normalized spacial score (nSPS) is 11.1. The first kappa shape index (κ1) is 10.7. The molecule has 0 atom stereocenters. The summed E-state index contributed by atoms with van der Waals surface area (Å²) < 4.78 is 0. The van der Waals surface area contributed by atoms with E-state index >= 15 is 0 Å². The van der Waals surface area contributed by atoms with Crippen molar-refractivity contribution in [3.63, 3.8) is 0 Å². The van der Waals surface area contributed by atoms with Crippen LogP contribution in [0.3, 0.4) is 0 Å². The molecule has 12 heavy (non-hydrogen) atoms. The number of hydrogen-bond acceptors (Lipinski definition) is 1. The van der Waals surface area contributed by atoms with Gasteiger partial charge in [-0.05, 0) is 19.8 Å². The lowest BCUT2D eigenvalue weighted by atomic mass is 10.1. The standard InChI is InChI=1S/C10H14O2/c1-3-4-5-6-7-8-9(2)10(11)12/h3-6H,2,7-8H2,1H3,(H,11,12). The van der Waals surface area contributed by atoms with E-state index < -0.39 is 5.97 Å². The van der Waals surface area contributed by atoms with E-state index in [-0.39, 0.29) is 5.57 Å². The second kappa shape index (κ2) is 6.40. The fraction of sp³-hybridized carbons (Fsp3) is 0.300. The van der Waals surface area contributed by atoms with E-state index in [2.05, 4.69) is 6.58 Å². The second-order valence-electron chi connectivity index (χ2n) is 2.40. The third-order valence-electron chi connectivity index (χ3n) is 1.35. The highest BCUT2D eigenvalue weighted by atomic mass is 16.4. The molecule has 0 aliphatic heterocycles. The Morgan fingerprint density at radius 1 is 1.50 bits per heavy atom. The summed E-state index contributed by atoms with van der Waals surface area (Å²) >= 11 is 0. The first-order chi connectivity index (χ1) is 5.68. The SMILES string of the molecule is C=C(CCC=CC=CC)C(=O)O. The van der Waals surface area contributed by atoms with Crippen LogP contribution in [-0.2, 0) is 4.79 Å². The van der Waals surface area contributed by atoms with E-state index in [9.17, 15) is 4.79 Å². The number of carboxylic acid groups (broad SMARTS) is 1. The van der Waals surface area contributed by atoms with Crippen LogP contribution in [0, 0.1) is 0 Å². The molecule has 0 spiro atoms. The molecule has 0 saturated heterocycles. The van der Waals surface area contributed by atoms with Crippen LogP contribution in [0.4, 0.5) is 0 Å². The number of hydrogen-bond donors (Lipinski definition) is 1. The molecule has 0 aromatic rings.